The minimum Gasteiger partial charge on any atom is -0.459 e. The van der Waals surface area contributed by atoms with E-state index in [0.29, 0.717) is 30.9 Å². The van der Waals surface area contributed by atoms with E-state index in [1.807, 2.05) is 13.0 Å². The van der Waals surface area contributed by atoms with E-state index in [-0.39, 0.29) is 23.6 Å². The van der Waals surface area contributed by atoms with Gasteiger partial charge in [-0.05, 0) is 60.5 Å². The van der Waals surface area contributed by atoms with Gasteiger partial charge in [-0.15, -0.1) is 0 Å². The van der Waals surface area contributed by atoms with Gasteiger partial charge in [0.1, 0.15) is 0 Å². The number of furan rings is 1. The summed E-state index contributed by atoms with van der Waals surface area (Å²) in [6, 6.07) is 15.6. The second kappa shape index (κ2) is 8.74. The first-order chi connectivity index (χ1) is 15.0. The third-order valence-corrected chi connectivity index (χ3v) is 4.99. The van der Waals surface area contributed by atoms with E-state index in [1.165, 1.54) is 6.26 Å². The summed E-state index contributed by atoms with van der Waals surface area (Å²) in [7, 11) is 0. The van der Waals surface area contributed by atoms with Crippen LogP contribution in [0.3, 0.4) is 0 Å². The summed E-state index contributed by atoms with van der Waals surface area (Å²) in [5.41, 5.74) is 3.62. The molecule has 0 aliphatic carbocycles. The van der Waals surface area contributed by atoms with Crippen molar-refractivity contribution in [3.05, 3.63) is 83.3 Å². The molecule has 1 aromatic heterocycles. The van der Waals surface area contributed by atoms with Crippen molar-refractivity contribution in [2.45, 2.75) is 13.5 Å². The molecular weight excluding hydrogens is 396 g/mol. The summed E-state index contributed by atoms with van der Waals surface area (Å²) in [6.45, 7) is 3.40. The van der Waals surface area contributed by atoms with Crippen molar-refractivity contribution in [2.75, 3.05) is 23.3 Å². The highest BCUT2D eigenvalue weighted by atomic mass is 16.3. The number of anilines is 2. The maximum absolute atomic E-state index is 12.6. The molecule has 0 atom stereocenters. The van der Waals surface area contributed by atoms with Crippen LogP contribution in [0.15, 0.2) is 65.3 Å². The summed E-state index contributed by atoms with van der Waals surface area (Å²) < 4.78 is 5.09. The fourth-order valence-electron chi connectivity index (χ4n) is 3.44. The predicted molar refractivity (Wildman–Crippen MR) is 116 cm³/mol. The van der Waals surface area contributed by atoms with Crippen molar-refractivity contribution >= 4 is 29.2 Å². The number of rotatable bonds is 6. The number of hydrogen-bond donors (Lipinski definition) is 3. The first kappa shape index (κ1) is 20.2. The van der Waals surface area contributed by atoms with Gasteiger partial charge in [0.15, 0.2) is 5.76 Å². The van der Waals surface area contributed by atoms with Crippen molar-refractivity contribution in [3.63, 3.8) is 0 Å². The third kappa shape index (κ3) is 4.58. The SMILES string of the molecule is Cc1cc(C(=O)NCc2cccc(NC(=O)c3ccco3)c2)ccc1N1CCNC1=O. The number of amides is 4. The molecule has 8 heteroatoms. The molecule has 0 spiro atoms. The van der Waals surface area contributed by atoms with Crippen LogP contribution in [0, 0.1) is 6.92 Å². The molecule has 4 amide bonds. The minimum absolute atomic E-state index is 0.126. The largest absolute Gasteiger partial charge is 0.459 e. The number of nitrogens with one attached hydrogen (secondary N) is 3. The Morgan fingerprint density at radius 2 is 1.97 bits per heavy atom. The maximum Gasteiger partial charge on any atom is 0.322 e. The highest BCUT2D eigenvalue weighted by Crippen LogP contribution is 2.23. The predicted octanol–water partition coefficient (Wildman–Crippen LogP) is 3.30. The van der Waals surface area contributed by atoms with Crippen LogP contribution in [0.1, 0.15) is 32.0 Å². The molecule has 3 aromatic rings. The Bertz CT molecular complexity index is 1120. The summed E-state index contributed by atoms with van der Waals surface area (Å²) in [5.74, 6) is -0.331. The van der Waals surface area contributed by atoms with Crippen LogP contribution in [0.5, 0.6) is 0 Å². The van der Waals surface area contributed by atoms with Gasteiger partial charge in [0, 0.05) is 36.6 Å². The summed E-state index contributed by atoms with van der Waals surface area (Å²) in [5, 5.41) is 8.42. The Hall–Kier alpha value is -4.07. The van der Waals surface area contributed by atoms with Gasteiger partial charge in [-0.2, -0.15) is 0 Å². The van der Waals surface area contributed by atoms with Crippen molar-refractivity contribution in [2.24, 2.45) is 0 Å². The molecule has 3 N–H and O–H groups in total. The Kier molecular flexibility index (Phi) is 5.70. The maximum atomic E-state index is 12.6. The number of carbonyl (C=O) groups excluding carboxylic acids is 3. The quantitative estimate of drug-likeness (QED) is 0.571. The van der Waals surface area contributed by atoms with E-state index in [4.69, 9.17) is 4.42 Å². The molecule has 1 fully saturated rings. The number of aryl methyl sites for hydroxylation is 1. The molecule has 1 aliphatic rings. The van der Waals surface area contributed by atoms with Crippen LogP contribution in [-0.4, -0.2) is 30.9 Å². The lowest BCUT2D eigenvalue weighted by atomic mass is 10.1. The van der Waals surface area contributed by atoms with Crippen molar-refractivity contribution in [1.29, 1.82) is 0 Å². The summed E-state index contributed by atoms with van der Waals surface area (Å²) in [6.07, 6.45) is 1.44. The molecule has 0 bridgehead atoms. The van der Waals surface area contributed by atoms with Gasteiger partial charge in [0.2, 0.25) is 0 Å². The van der Waals surface area contributed by atoms with Crippen LogP contribution in [0.2, 0.25) is 0 Å². The number of hydrogen-bond acceptors (Lipinski definition) is 4. The average Bonchev–Trinajstić information content (AvgIpc) is 3.44. The zero-order chi connectivity index (χ0) is 21.8. The zero-order valence-corrected chi connectivity index (χ0v) is 17.0. The molecule has 2 heterocycles. The number of carbonyl (C=O) groups is 3. The van der Waals surface area contributed by atoms with Crippen molar-refractivity contribution in [1.82, 2.24) is 10.6 Å². The fraction of sp³-hybridized carbons (Fsp3) is 0.174. The molecule has 2 aromatic carbocycles. The van der Waals surface area contributed by atoms with E-state index in [2.05, 4.69) is 16.0 Å². The van der Waals surface area contributed by atoms with Crippen LogP contribution in [-0.2, 0) is 6.54 Å². The minimum atomic E-state index is -0.339. The topological polar surface area (TPSA) is 104 Å². The van der Waals surface area contributed by atoms with Gasteiger partial charge in [-0.3, -0.25) is 14.5 Å². The Morgan fingerprint density at radius 1 is 1.10 bits per heavy atom. The normalized spacial score (nSPS) is 13.1. The third-order valence-electron chi connectivity index (χ3n) is 4.99. The molecule has 0 unspecified atom stereocenters. The number of urea groups is 1. The molecule has 8 nitrogen and oxygen atoms in total. The van der Waals surface area contributed by atoms with Crippen LogP contribution < -0.4 is 20.9 Å². The highest BCUT2D eigenvalue weighted by Gasteiger charge is 2.23. The van der Waals surface area contributed by atoms with Gasteiger partial charge in [0.05, 0.1) is 6.26 Å². The van der Waals surface area contributed by atoms with E-state index < -0.39 is 0 Å². The molecule has 158 valence electrons. The van der Waals surface area contributed by atoms with E-state index >= 15 is 0 Å². The highest BCUT2D eigenvalue weighted by molar-refractivity contribution is 6.02. The smallest absolute Gasteiger partial charge is 0.322 e. The van der Waals surface area contributed by atoms with Gasteiger partial charge < -0.3 is 20.4 Å². The van der Waals surface area contributed by atoms with Crippen molar-refractivity contribution < 1.29 is 18.8 Å². The second-order valence-electron chi connectivity index (χ2n) is 7.20. The zero-order valence-electron chi connectivity index (χ0n) is 17.0. The summed E-state index contributed by atoms with van der Waals surface area (Å²) in [4.78, 5) is 38.2. The molecule has 31 heavy (non-hydrogen) atoms. The van der Waals surface area contributed by atoms with Crippen LogP contribution >= 0.6 is 0 Å². The Morgan fingerprint density at radius 3 is 2.68 bits per heavy atom. The monoisotopic (exact) mass is 418 g/mol. The second-order valence-corrected chi connectivity index (χ2v) is 7.20. The van der Waals surface area contributed by atoms with Crippen LogP contribution in [0.25, 0.3) is 0 Å². The lowest BCUT2D eigenvalue weighted by Gasteiger charge is -2.17. The number of benzene rings is 2. The van der Waals surface area contributed by atoms with Gasteiger partial charge in [-0.1, -0.05) is 12.1 Å². The fourth-order valence-corrected chi connectivity index (χ4v) is 3.44. The molecule has 1 saturated heterocycles. The first-order valence-electron chi connectivity index (χ1n) is 9.89. The molecule has 1 aliphatic heterocycles. The first-order valence-corrected chi connectivity index (χ1v) is 9.89. The van der Waals surface area contributed by atoms with Crippen LogP contribution in [0.4, 0.5) is 16.2 Å². The van der Waals surface area contributed by atoms with E-state index in [9.17, 15) is 14.4 Å². The molecular formula is C23H22N4O4. The molecule has 0 radical (unpaired) electrons. The van der Waals surface area contributed by atoms with E-state index in [1.54, 1.807) is 53.4 Å². The molecule has 0 saturated carbocycles. The average molecular weight is 418 g/mol. The standard InChI is InChI=1S/C23H22N4O4/c1-15-12-17(7-8-19(15)27-10-9-24-23(27)30)21(28)25-14-16-4-2-5-18(13-16)26-22(29)20-6-3-11-31-20/h2-8,11-13H,9-10,14H2,1H3,(H,24,30)(H,25,28)(H,26,29). The van der Waals surface area contributed by atoms with Gasteiger partial charge in [-0.25, -0.2) is 4.79 Å². The van der Waals surface area contributed by atoms with E-state index in [0.717, 1.165) is 16.8 Å². The van der Waals surface area contributed by atoms with Crippen molar-refractivity contribution in [3.8, 4) is 0 Å². The lowest BCUT2D eigenvalue weighted by molar-refractivity contribution is 0.0949. The molecule has 4 rings (SSSR count). The number of nitrogens with zero attached hydrogens (tertiary/aromatic N) is 1. The lowest BCUT2D eigenvalue weighted by Crippen LogP contribution is -2.28. The summed E-state index contributed by atoms with van der Waals surface area (Å²) >= 11 is 0. The van der Waals surface area contributed by atoms with Gasteiger partial charge >= 0.3 is 6.03 Å². The Balaban J connectivity index is 1.38. The Labute approximate surface area is 179 Å². The van der Waals surface area contributed by atoms with Gasteiger partial charge in [0.25, 0.3) is 11.8 Å².